The van der Waals surface area contributed by atoms with Gasteiger partial charge in [-0.15, -0.1) is 0 Å². The van der Waals surface area contributed by atoms with Crippen LogP contribution in [0.5, 0.6) is 0 Å². The highest BCUT2D eigenvalue weighted by Crippen LogP contribution is 2.39. The molecule has 0 saturated carbocycles. The van der Waals surface area contributed by atoms with Crippen molar-refractivity contribution in [1.29, 1.82) is 0 Å². The number of esters is 1. The molecule has 0 saturated heterocycles. The zero-order chi connectivity index (χ0) is 28.3. The summed E-state index contributed by atoms with van der Waals surface area (Å²) in [6.07, 6.45) is 2.73. The number of carbonyl (C=O) groups is 2. The van der Waals surface area contributed by atoms with Crippen molar-refractivity contribution in [3.05, 3.63) is 131 Å². The lowest BCUT2D eigenvalue weighted by Gasteiger charge is -2.31. The van der Waals surface area contributed by atoms with Gasteiger partial charge in [-0.1, -0.05) is 67.6 Å². The first kappa shape index (κ1) is 26.1. The van der Waals surface area contributed by atoms with Gasteiger partial charge in [0.05, 0.1) is 47.5 Å². The Morgan fingerprint density at radius 1 is 0.902 bits per heavy atom. The maximum absolute atomic E-state index is 14.3. The largest absolute Gasteiger partial charge is 0.462 e. The molecular weight excluding hydrogens is 514 g/mol. The predicted octanol–water partition coefficient (Wildman–Crippen LogP) is 6.54. The standard InChI is InChI=1S/C33H31N5O3/c1-3-27-26-22-37(33(40)34-28-19-12-11-18-25(28)32(39)41-4-2)30(23-14-7-5-8-15-23)29-20-13-21-36(29)31(26)38(35-27)24-16-9-6-10-17-24/h5-21,30H,3-4,22H2,1-2H3,(H,34,40)/t30-/m1/s1. The number of carbonyl (C=O) groups excluding carboxylic acids is 2. The van der Waals surface area contributed by atoms with Gasteiger partial charge in [-0.2, -0.15) is 5.10 Å². The quantitative estimate of drug-likeness (QED) is 0.246. The summed E-state index contributed by atoms with van der Waals surface area (Å²) in [5, 5.41) is 8.04. The van der Waals surface area contributed by atoms with Crippen molar-refractivity contribution in [2.45, 2.75) is 32.9 Å². The Labute approximate surface area is 238 Å². The highest BCUT2D eigenvalue weighted by Gasteiger charge is 2.36. The molecule has 1 aliphatic heterocycles. The van der Waals surface area contributed by atoms with Crippen LogP contribution >= 0.6 is 0 Å². The minimum atomic E-state index is -0.479. The van der Waals surface area contributed by atoms with Crippen LogP contribution in [-0.2, 0) is 17.7 Å². The summed E-state index contributed by atoms with van der Waals surface area (Å²) >= 11 is 0. The van der Waals surface area contributed by atoms with Gasteiger partial charge in [0.25, 0.3) is 0 Å². The van der Waals surface area contributed by atoms with Crippen molar-refractivity contribution < 1.29 is 14.3 Å². The molecule has 2 amide bonds. The highest BCUT2D eigenvalue weighted by atomic mass is 16.5. The molecule has 0 spiro atoms. The summed E-state index contributed by atoms with van der Waals surface area (Å²) in [6, 6.07) is 30.3. The summed E-state index contributed by atoms with van der Waals surface area (Å²) in [5.74, 6) is 0.434. The number of anilines is 1. The van der Waals surface area contributed by atoms with E-state index >= 15 is 0 Å². The Morgan fingerprint density at radius 3 is 2.34 bits per heavy atom. The summed E-state index contributed by atoms with van der Waals surface area (Å²) in [4.78, 5) is 28.8. The van der Waals surface area contributed by atoms with Gasteiger partial charge in [-0.3, -0.25) is 0 Å². The Bertz CT molecular complexity index is 1690. The van der Waals surface area contributed by atoms with E-state index in [1.165, 1.54) is 0 Å². The SMILES string of the molecule is CCOC(=O)c1ccccc1NC(=O)N1Cc2c(CC)nn(-c3ccccc3)c2-n2cccc2[C@H]1c1ccccc1. The molecule has 8 heteroatoms. The lowest BCUT2D eigenvalue weighted by atomic mass is 10.0. The maximum atomic E-state index is 14.3. The fourth-order valence-electron chi connectivity index (χ4n) is 5.50. The molecule has 3 aromatic carbocycles. The number of nitrogens with zero attached hydrogens (tertiary/aromatic N) is 4. The van der Waals surface area contributed by atoms with E-state index in [0.29, 0.717) is 24.2 Å². The number of hydrogen-bond acceptors (Lipinski definition) is 4. The lowest BCUT2D eigenvalue weighted by Crippen LogP contribution is -2.38. The number of rotatable bonds is 6. The van der Waals surface area contributed by atoms with Gasteiger partial charge in [0.1, 0.15) is 5.82 Å². The van der Waals surface area contributed by atoms with Crippen LogP contribution in [0.2, 0.25) is 0 Å². The van der Waals surface area contributed by atoms with E-state index < -0.39 is 12.0 Å². The van der Waals surface area contributed by atoms with Crippen LogP contribution in [0.25, 0.3) is 11.5 Å². The maximum Gasteiger partial charge on any atom is 0.340 e. The number of aromatic nitrogens is 3. The van der Waals surface area contributed by atoms with E-state index in [2.05, 4.69) is 16.8 Å². The third kappa shape index (κ3) is 4.78. The Balaban J connectivity index is 1.51. The molecule has 0 radical (unpaired) electrons. The highest BCUT2D eigenvalue weighted by molar-refractivity contribution is 6.01. The molecule has 0 unspecified atom stereocenters. The number of urea groups is 1. The lowest BCUT2D eigenvalue weighted by molar-refractivity contribution is 0.0527. The van der Waals surface area contributed by atoms with Crippen LogP contribution in [-0.4, -0.2) is 37.9 Å². The molecule has 5 aromatic rings. The molecule has 8 nitrogen and oxygen atoms in total. The van der Waals surface area contributed by atoms with E-state index in [0.717, 1.165) is 34.0 Å². The Morgan fingerprint density at radius 2 is 1.61 bits per heavy atom. The molecule has 1 aliphatic rings. The van der Waals surface area contributed by atoms with Crippen molar-refractivity contribution in [1.82, 2.24) is 19.2 Å². The first-order valence-corrected chi connectivity index (χ1v) is 13.8. The number of nitrogens with one attached hydrogen (secondary N) is 1. The van der Waals surface area contributed by atoms with Crippen molar-refractivity contribution in [2.75, 3.05) is 11.9 Å². The molecule has 0 aliphatic carbocycles. The topological polar surface area (TPSA) is 81.4 Å². The van der Waals surface area contributed by atoms with Gasteiger partial charge < -0.3 is 19.5 Å². The van der Waals surface area contributed by atoms with Crippen molar-refractivity contribution >= 4 is 17.7 Å². The average Bonchev–Trinajstić information content (AvgIpc) is 3.59. The zero-order valence-electron chi connectivity index (χ0n) is 23.0. The van der Waals surface area contributed by atoms with Crippen LogP contribution in [0.3, 0.4) is 0 Å². The van der Waals surface area contributed by atoms with E-state index in [4.69, 9.17) is 9.84 Å². The van der Waals surface area contributed by atoms with Gasteiger partial charge in [0.15, 0.2) is 0 Å². The minimum Gasteiger partial charge on any atom is -0.462 e. The Kier molecular flexibility index (Phi) is 7.12. The smallest absolute Gasteiger partial charge is 0.340 e. The molecular formula is C33H31N5O3. The molecule has 1 atom stereocenters. The fourth-order valence-corrected chi connectivity index (χ4v) is 5.50. The van der Waals surface area contributed by atoms with E-state index in [1.807, 2.05) is 88.6 Å². The van der Waals surface area contributed by atoms with E-state index in [1.54, 1.807) is 31.2 Å². The van der Waals surface area contributed by atoms with Crippen LogP contribution in [0.15, 0.2) is 103 Å². The molecule has 0 bridgehead atoms. The van der Waals surface area contributed by atoms with Crippen molar-refractivity contribution in [2.24, 2.45) is 0 Å². The second-order valence-electron chi connectivity index (χ2n) is 9.79. The van der Waals surface area contributed by atoms with E-state index in [-0.39, 0.29) is 12.6 Å². The van der Waals surface area contributed by atoms with Crippen LogP contribution < -0.4 is 5.32 Å². The van der Waals surface area contributed by atoms with Crippen LogP contribution in [0, 0.1) is 0 Å². The summed E-state index contributed by atoms with van der Waals surface area (Å²) in [7, 11) is 0. The monoisotopic (exact) mass is 545 g/mol. The summed E-state index contributed by atoms with van der Waals surface area (Å²) in [6.45, 7) is 4.40. The van der Waals surface area contributed by atoms with Crippen LogP contribution in [0.4, 0.5) is 10.5 Å². The first-order chi connectivity index (χ1) is 20.1. The Hall–Kier alpha value is -5.11. The number of aryl methyl sites for hydroxylation is 1. The van der Waals surface area contributed by atoms with E-state index in [9.17, 15) is 9.59 Å². The number of benzene rings is 3. The number of para-hydroxylation sites is 2. The number of hydrogen-bond donors (Lipinski definition) is 1. The molecule has 41 heavy (non-hydrogen) atoms. The molecule has 1 N–H and O–H groups in total. The van der Waals surface area contributed by atoms with Gasteiger partial charge >= 0.3 is 12.0 Å². The molecule has 0 fully saturated rings. The minimum absolute atomic E-state index is 0.244. The third-order valence-electron chi connectivity index (χ3n) is 7.34. The molecule has 6 rings (SSSR count). The number of fused-ring (bicyclic) bond motifs is 3. The number of amides is 2. The van der Waals surface area contributed by atoms with Gasteiger partial charge in [-0.25, -0.2) is 14.3 Å². The third-order valence-corrected chi connectivity index (χ3v) is 7.34. The van der Waals surface area contributed by atoms with Crippen LogP contribution in [0.1, 0.15) is 52.8 Å². The van der Waals surface area contributed by atoms with Gasteiger partial charge in [-0.05, 0) is 55.3 Å². The summed E-state index contributed by atoms with van der Waals surface area (Å²) in [5.41, 5.74) is 5.46. The summed E-state index contributed by atoms with van der Waals surface area (Å²) < 4.78 is 9.36. The second kappa shape index (κ2) is 11.2. The fraction of sp³-hybridized carbons (Fsp3) is 0.182. The van der Waals surface area contributed by atoms with Crippen molar-refractivity contribution in [3.63, 3.8) is 0 Å². The molecule has 206 valence electrons. The predicted molar refractivity (Wildman–Crippen MR) is 158 cm³/mol. The zero-order valence-corrected chi connectivity index (χ0v) is 23.0. The molecule has 2 aromatic heterocycles. The normalized spacial score (nSPS) is 14.1. The first-order valence-electron chi connectivity index (χ1n) is 13.8. The van der Waals surface area contributed by atoms with Gasteiger partial charge in [0.2, 0.25) is 0 Å². The number of ether oxygens (including phenoxy) is 1. The van der Waals surface area contributed by atoms with Gasteiger partial charge in [0, 0.05) is 11.8 Å². The average molecular weight is 546 g/mol. The van der Waals surface area contributed by atoms with Crippen molar-refractivity contribution in [3.8, 4) is 11.5 Å². The second-order valence-corrected chi connectivity index (χ2v) is 9.79. The molecule has 3 heterocycles.